The fourth-order valence-corrected chi connectivity index (χ4v) is 2.19. The van der Waals surface area contributed by atoms with Crippen molar-refractivity contribution in [2.24, 2.45) is 4.99 Å². The second kappa shape index (κ2) is 9.70. The highest BCUT2D eigenvalue weighted by molar-refractivity contribution is 14.0. The van der Waals surface area contributed by atoms with Crippen LogP contribution >= 0.6 is 24.0 Å². The first-order valence-corrected chi connectivity index (χ1v) is 7.35. The van der Waals surface area contributed by atoms with E-state index in [-0.39, 0.29) is 48.6 Å². The van der Waals surface area contributed by atoms with Gasteiger partial charge in [0, 0.05) is 25.7 Å². The van der Waals surface area contributed by atoms with Crippen molar-refractivity contribution in [3.8, 4) is 0 Å². The quantitative estimate of drug-likeness (QED) is 0.291. The van der Waals surface area contributed by atoms with Crippen LogP contribution in [0.15, 0.2) is 47.5 Å². The number of alkyl halides is 3. The van der Waals surface area contributed by atoms with Gasteiger partial charge in [-0.2, -0.15) is 13.2 Å². The second-order valence-electron chi connectivity index (χ2n) is 5.17. The van der Waals surface area contributed by atoms with Crippen molar-refractivity contribution >= 4 is 29.9 Å². The summed E-state index contributed by atoms with van der Waals surface area (Å²) in [6, 6.07) is 8.59. The summed E-state index contributed by atoms with van der Waals surface area (Å²) in [5, 5.41) is 5.51. The molecule has 0 heterocycles. The van der Waals surface area contributed by atoms with E-state index in [0.717, 1.165) is 12.1 Å². The van der Waals surface area contributed by atoms with E-state index in [9.17, 15) is 22.0 Å². The second-order valence-corrected chi connectivity index (χ2v) is 5.17. The fourth-order valence-electron chi connectivity index (χ4n) is 2.19. The maximum absolute atomic E-state index is 13.6. The average molecular weight is 485 g/mol. The Kier molecular flexibility index (Phi) is 8.25. The van der Waals surface area contributed by atoms with E-state index in [2.05, 4.69) is 15.6 Å². The van der Waals surface area contributed by atoms with Crippen molar-refractivity contribution in [1.29, 1.82) is 0 Å². The van der Waals surface area contributed by atoms with Crippen LogP contribution < -0.4 is 10.6 Å². The number of guanidine groups is 1. The molecule has 0 aliphatic rings. The minimum Gasteiger partial charge on any atom is -0.352 e. The summed E-state index contributed by atoms with van der Waals surface area (Å²) in [6.07, 6.45) is -4.66. The molecule has 2 aromatic rings. The summed E-state index contributed by atoms with van der Waals surface area (Å²) >= 11 is 0. The number of rotatable bonds is 4. The highest BCUT2D eigenvalue weighted by Crippen LogP contribution is 2.32. The molecule has 3 nitrogen and oxygen atoms in total. The van der Waals surface area contributed by atoms with Gasteiger partial charge in [0.1, 0.15) is 11.6 Å². The Morgan fingerprint density at radius 2 is 1.58 bits per heavy atom. The van der Waals surface area contributed by atoms with Crippen LogP contribution in [0.5, 0.6) is 0 Å². The standard InChI is InChI=1S/C17H16F5N3.HI/c1-23-16(25-10-12-4-2-3-5-15(12)19)24-9-11-6-7-13(18)8-14(11)17(20,21)22;/h2-8H,9-10H2,1H3,(H2,23,24,25);1H. The highest BCUT2D eigenvalue weighted by Gasteiger charge is 2.33. The highest BCUT2D eigenvalue weighted by atomic mass is 127. The number of aliphatic imine (C=N–C) groups is 1. The van der Waals surface area contributed by atoms with Gasteiger partial charge in [-0.15, -0.1) is 24.0 Å². The molecule has 2 aromatic carbocycles. The first-order chi connectivity index (χ1) is 11.8. The molecule has 0 radical (unpaired) electrons. The molecule has 2 N–H and O–H groups in total. The Balaban J connectivity index is 0.00000338. The Morgan fingerprint density at radius 1 is 0.962 bits per heavy atom. The Morgan fingerprint density at radius 3 is 2.15 bits per heavy atom. The molecule has 9 heteroatoms. The van der Waals surface area contributed by atoms with E-state index in [4.69, 9.17) is 0 Å². The van der Waals surface area contributed by atoms with Crippen molar-refractivity contribution in [3.05, 3.63) is 70.8 Å². The molecule has 0 aliphatic carbocycles. The summed E-state index contributed by atoms with van der Waals surface area (Å²) < 4.78 is 65.6. The zero-order chi connectivity index (χ0) is 18.4. The minimum absolute atomic E-state index is 0. The molecule has 2 rings (SSSR count). The summed E-state index contributed by atoms with van der Waals surface area (Å²) in [7, 11) is 1.44. The number of halogens is 6. The van der Waals surface area contributed by atoms with E-state index in [1.54, 1.807) is 18.2 Å². The zero-order valence-corrected chi connectivity index (χ0v) is 16.0. The van der Waals surface area contributed by atoms with Crippen LogP contribution in [-0.2, 0) is 19.3 Å². The number of nitrogens with zero attached hydrogens (tertiary/aromatic N) is 1. The van der Waals surface area contributed by atoms with Crippen LogP contribution in [0.4, 0.5) is 22.0 Å². The van der Waals surface area contributed by atoms with Crippen LogP contribution in [0.2, 0.25) is 0 Å². The van der Waals surface area contributed by atoms with Gasteiger partial charge < -0.3 is 10.6 Å². The molecular weight excluding hydrogens is 468 g/mol. The molecule has 0 aromatic heterocycles. The first-order valence-electron chi connectivity index (χ1n) is 7.35. The molecule has 0 unspecified atom stereocenters. The molecule has 0 atom stereocenters. The van der Waals surface area contributed by atoms with Gasteiger partial charge in [0.15, 0.2) is 5.96 Å². The van der Waals surface area contributed by atoms with Crippen LogP contribution in [0.3, 0.4) is 0 Å². The van der Waals surface area contributed by atoms with Crippen molar-refractivity contribution < 1.29 is 22.0 Å². The van der Waals surface area contributed by atoms with Crippen molar-refractivity contribution in [1.82, 2.24) is 10.6 Å². The molecule has 0 saturated heterocycles. The molecule has 26 heavy (non-hydrogen) atoms. The molecule has 0 amide bonds. The third-order valence-corrected chi connectivity index (χ3v) is 3.45. The van der Waals surface area contributed by atoms with E-state index in [1.807, 2.05) is 0 Å². The predicted octanol–water partition coefficient (Wildman–Crippen LogP) is 4.47. The summed E-state index contributed by atoms with van der Waals surface area (Å²) in [5.41, 5.74) is -0.782. The lowest BCUT2D eigenvalue weighted by Crippen LogP contribution is -2.37. The van der Waals surface area contributed by atoms with Gasteiger partial charge in [0.25, 0.3) is 0 Å². The van der Waals surface area contributed by atoms with Gasteiger partial charge in [0.2, 0.25) is 0 Å². The number of hydrogen-bond donors (Lipinski definition) is 2. The normalized spacial score (nSPS) is 11.7. The smallest absolute Gasteiger partial charge is 0.352 e. The van der Waals surface area contributed by atoms with Crippen LogP contribution in [-0.4, -0.2) is 13.0 Å². The molecular formula is C17H17F5IN3. The zero-order valence-electron chi connectivity index (χ0n) is 13.7. The average Bonchev–Trinajstić information content (AvgIpc) is 2.56. The molecule has 0 spiro atoms. The lowest BCUT2D eigenvalue weighted by atomic mass is 10.1. The van der Waals surface area contributed by atoms with Crippen LogP contribution in [0, 0.1) is 11.6 Å². The Hall–Kier alpha value is -1.91. The Bertz CT molecular complexity index is 762. The summed E-state index contributed by atoms with van der Waals surface area (Å²) in [5.74, 6) is -1.16. The van der Waals surface area contributed by atoms with Gasteiger partial charge >= 0.3 is 6.18 Å². The van der Waals surface area contributed by atoms with Crippen molar-refractivity contribution in [2.45, 2.75) is 19.3 Å². The number of hydrogen-bond acceptors (Lipinski definition) is 1. The summed E-state index contributed by atoms with van der Waals surface area (Å²) in [6.45, 7) is -0.103. The van der Waals surface area contributed by atoms with Gasteiger partial charge in [-0.05, 0) is 23.8 Å². The van der Waals surface area contributed by atoms with Crippen LogP contribution in [0.1, 0.15) is 16.7 Å². The Labute approximate surface area is 164 Å². The van der Waals surface area contributed by atoms with Gasteiger partial charge in [-0.25, -0.2) is 8.78 Å². The van der Waals surface area contributed by atoms with Crippen molar-refractivity contribution in [2.75, 3.05) is 7.05 Å². The molecule has 0 aliphatic heterocycles. The SMILES string of the molecule is CN=C(NCc1ccccc1F)NCc1ccc(F)cc1C(F)(F)F.I. The topological polar surface area (TPSA) is 36.4 Å². The maximum atomic E-state index is 13.6. The largest absolute Gasteiger partial charge is 0.416 e. The van der Waals surface area contributed by atoms with E-state index in [1.165, 1.54) is 13.1 Å². The van der Waals surface area contributed by atoms with Gasteiger partial charge in [-0.1, -0.05) is 24.3 Å². The van der Waals surface area contributed by atoms with E-state index in [0.29, 0.717) is 11.6 Å². The van der Waals surface area contributed by atoms with Gasteiger partial charge in [-0.3, -0.25) is 4.99 Å². The lowest BCUT2D eigenvalue weighted by Gasteiger charge is -2.16. The molecule has 0 fully saturated rings. The third-order valence-electron chi connectivity index (χ3n) is 3.45. The molecule has 142 valence electrons. The fraction of sp³-hybridized carbons (Fsp3) is 0.235. The number of benzene rings is 2. The third kappa shape index (κ3) is 6.11. The van der Waals surface area contributed by atoms with Crippen LogP contribution in [0.25, 0.3) is 0 Å². The van der Waals surface area contributed by atoms with E-state index >= 15 is 0 Å². The van der Waals surface area contributed by atoms with E-state index < -0.39 is 23.4 Å². The summed E-state index contributed by atoms with van der Waals surface area (Å²) in [4.78, 5) is 3.87. The van der Waals surface area contributed by atoms with Crippen molar-refractivity contribution in [3.63, 3.8) is 0 Å². The predicted molar refractivity (Wildman–Crippen MR) is 100 cm³/mol. The monoisotopic (exact) mass is 485 g/mol. The first kappa shape index (κ1) is 22.1. The molecule has 0 bridgehead atoms. The molecule has 0 saturated carbocycles. The maximum Gasteiger partial charge on any atom is 0.416 e. The number of nitrogens with one attached hydrogen (secondary N) is 2. The van der Waals surface area contributed by atoms with Gasteiger partial charge in [0.05, 0.1) is 5.56 Å². The lowest BCUT2D eigenvalue weighted by molar-refractivity contribution is -0.138. The minimum atomic E-state index is -4.66.